The minimum atomic E-state index is -1.32. The van der Waals surface area contributed by atoms with Crippen molar-refractivity contribution < 1.29 is 0 Å². The van der Waals surface area contributed by atoms with E-state index in [0.717, 1.165) is 38.9 Å². The Balaban J connectivity index is 1.12. The molecule has 1 aromatic heterocycles. The van der Waals surface area contributed by atoms with E-state index in [2.05, 4.69) is 165 Å². The predicted molar refractivity (Wildman–Crippen MR) is 221 cm³/mol. The monoisotopic (exact) mass is 685 g/mol. The highest BCUT2D eigenvalue weighted by Gasteiger charge is 2.16. The smallest absolute Gasteiger partial charge is 0.164 e. The zero-order valence-electron chi connectivity index (χ0n) is 29.7. The van der Waals surface area contributed by atoms with E-state index in [9.17, 15) is 0 Å². The minimum Gasteiger partial charge on any atom is -0.208 e. The van der Waals surface area contributed by atoms with Gasteiger partial charge in [-0.05, 0) is 62.7 Å². The topological polar surface area (TPSA) is 38.7 Å². The van der Waals surface area contributed by atoms with Gasteiger partial charge < -0.3 is 0 Å². The van der Waals surface area contributed by atoms with E-state index in [1.165, 1.54) is 27.4 Å². The van der Waals surface area contributed by atoms with Crippen LogP contribution < -0.4 is 5.19 Å². The molecule has 3 nitrogen and oxygen atoms in total. The molecule has 1 heterocycles. The Kier molecular flexibility index (Phi) is 8.98. The van der Waals surface area contributed by atoms with Crippen molar-refractivity contribution >= 4 is 13.3 Å². The van der Waals surface area contributed by atoms with Crippen molar-refractivity contribution in [3.63, 3.8) is 0 Å². The van der Waals surface area contributed by atoms with Crippen molar-refractivity contribution in [1.29, 1.82) is 0 Å². The summed E-state index contributed by atoms with van der Waals surface area (Å²) in [4.78, 5) is 15.1. The molecule has 0 bridgehead atoms. The van der Waals surface area contributed by atoms with Gasteiger partial charge in [-0.3, -0.25) is 0 Å². The highest BCUT2D eigenvalue weighted by atomic mass is 28.3. The van der Waals surface area contributed by atoms with Crippen molar-refractivity contribution in [3.8, 4) is 78.7 Å². The van der Waals surface area contributed by atoms with E-state index in [4.69, 9.17) is 15.0 Å². The van der Waals surface area contributed by atoms with Crippen LogP contribution >= 0.6 is 0 Å². The van der Waals surface area contributed by atoms with Crippen molar-refractivity contribution in [3.05, 3.63) is 182 Å². The summed E-state index contributed by atoms with van der Waals surface area (Å²) in [6, 6.07) is 64.2. The molecule has 7 aromatic carbocycles. The van der Waals surface area contributed by atoms with Gasteiger partial charge in [0.25, 0.3) is 0 Å². The van der Waals surface area contributed by atoms with E-state index in [-0.39, 0.29) is 0 Å². The first-order valence-corrected chi connectivity index (χ1v) is 21.3. The third-order valence-electron chi connectivity index (χ3n) is 9.51. The second kappa shape index (κ2) is 14.2. The molecule has 0 aliphatic heterocycles. The number of hydrogen-bond acceptors (Lipinski definition) is 3. The number of aromatic nitrogens is 3. The fourth-order valence-corrected chi connectivity index (χ4v) is 7.72. The third-order valence-corrected chi connectivity index (χ3v) is 11.6. The van der Waals surface area contributed by atoms with Crippen LogP contribution in [0.3, 0.4) is 0 Å². The summed E-state index contributed by atoms with van der Waals surface area (Å²) in [6.07, 6.45) is 0. The van der Waals surface area contributed by atoms with Gasteiger partial charge >= 0.3 is 0 Å². The van der Waals surface area contributed by atoms with Gasteiger partial charge in [0.15, 0.2) is 17.5 Å². The van der Waals surface area contributed by atoms with Crippen LogP contribution in [0.4, 0.5) is 0 Å². The van der Waals surface area contributed by atoms with Gasteiger partial charge in [0.2, 0.25) is 0 Å². The van der Waals surface area contributed by atoms with Crippen LogP contribution in [-0.2, 0) is 0 Å². The summed E-state index contributed by atoms with van der Waals surface area (Å²) in [6.45, 7) is 7.16. The molecule has 0 spiro atoms. The zero-order chi connectivity index (χ0) is 35.5. The van der Waals surface area contributed by atoms with Crippen LogP contribution in [0.25, 0.3) is 78.7 Å². The van der Waals surface area contributed by atoms with E-state index >= 15 is 0 Å². The lowest BCUT2D eigenvalue weighted by atomic mass is 9.96. The maximum atomic E-state index is 5.06. The third kappa shape index (κ3) is 7.16. The average Bonchev–Trinajstić information content (AvgIpc) is 3.21. The molecule has 8 aromatic rings. The lowest BCUT2D eigenvalue weighted by Gasteiger charge is -2.16. The number of benzene rings is 7. The van der Waals surface area contributed by atoms with Crippen molar-refractivity contribution in [2.24, 2.45) is 0 Å². The SMILES string of the molecule is C[Si](C)(C)c1ccc(-c2ccc(-c3cccc(-c4cccc(-c5nc(-c6ccccc6)nc(-c6cccc(-c7ccccc7)c6)n5)c4)c3)cc2)cc1. The van der Waals surface area contributed by atoms with Crippen molar-refractivity contribution in [1.82, 2.24) is 15.0 Å². The molecule has 0 unspecified atom stereocenters. The quantitative estimate of drug-likeness (QED) is 0.149. The average molecular weight is 686 g/mol. The van der Waals surface area contributed by atoms with Gasteiger partial charge in [0.1, 0.15) is 0 Å². The van der Waals surface area contributed by atoms with Gasteiger partial charge in [-0.2, -0.15) is 0 Å². The molecule has 52 heavy (non-hydrogen) atoms. The van der Waals surface area contributed by atoms with E-state index in [1.54, 1.807) is 0 Å². The largest absolute Gasteiger partial charge is 0.208 e. The predicted octanol–water partition coefficient (Wildman–Crippen LogP) is 12.1. The Morgan fingerprint density at radius 2 is 0.558 bits per heavy atom. The first kappa shape index (κ1) is 32.9. The van der Waals surface area contributed by atoms with Gasteiger partial charge in [0.05, 0.1) is 8.07 Å². The molecule has 8 rings (SSSR count). The van der Waals surface area contributed by atoms with Gasteiger partial charge in [-0.25, -0.2) is 15.0 Å². The van der Waals surface area contributed by atoms with Gasteiger partial charge in [0, 0.05) is 16.7 Å². The first-order valence-electron chi connectivity index (χ1n) is 17.8. The molecule has 0 atom stereocenters. The Morgan fingerprint density at radius 1 is 0.269 bits per heavy atom. The summed E-state index contributed by atoms with van der Waals surface area (Å²) in [5, 5.41) is 1.48. The standard InChI is InChI=1S/C48H39N3Si/c1-52(2,3)45-29-27-36(28-30-45)35-23-25-37(26-24-35)39-17-10-19-41(31-39)42-20-12-22-44(33-42)48-50-46(38-15-8-5-9-16-38)49-47(51-48)43-21-11-18-40(32-43)34-13-6-4-7-14-34/h4-33H,1-3H3. The number of rotatable bonds is 8. The fraction of sp³-hybridized carbons (Fsp3) is 0.0625. The number of hydrogen-bond donors (Lipinski definition) is 0. The van der Waals surface area contributed by atoms with E-state index < -0.39 is 8.07 Å². The van der Waals surface area contributed by atoms with Gasteiger partial charge in [-0.15, -0.1) is 0 Å². The van der Waals surface area contributed by atoms with E-state index in [0.29, 0.717) is 17.5 Å². The maximum absolute atomic E-state index is 5.06. The van der Waals surface area contributed by atoms with Crippen LogP contribution in [0.1, 0.15) is 0 Å². The van der Waals surface area contributed by atoms with Crippen LogP contribution in [0.15, 0.2) is 182 Å². The summed E-state index contributed by atoms with van der Waals surface area (Å²) >= 11 is 0. The highest BCUT2D eigenvalue weighted by Crippen LogP contribution is 2.32. The summed E-state index contributed by atoms with van der Waals surface area (Å²) < 4.78 is 0. The lowest BCUT2D eigenvalue weighted by Crippen LogP contribution is -2.37. The Morgan fingerprint density at radius 3 is 1.00 bits per heavy atom. The highest BCUT2D eigenvalue weighted by molar-refractivity contribution is 6.88. The van der Waals surface area contributed by atoms with Crippen LogP contribution in [0, 0.1) is 0 Å². The second-order valence-electron chi connectivity index (χ2n) is 14.2. The Hall–Kier alpha value is -6.23. The molecule has 0 aliphatic rings. The van der Waals surface area contributed by atoms with Crippen LogP contribution in [-0.4, -0.2) is 23.0 Å². The fourth-order valence-electron chi connectivity index (χ4n) is 6.55. The molecule has 0 saturated heterocycles. The molecule has 0 fully saturated rings. The molecule has 0 aliphatic carbocycles. The summed E-state index contributed by atoms with van der Waals surface area (Å²) in [5.74, 6) is 1.93. The summed E-state index contributed by atoms with van der Waals surface area (Å²) in [7, 11) is -1.32. The Labute approximate surface area is 307 Å². The Bertz CT molecular complexity index is 2470. The first-order chi connectivity index (χ1) is 25.4. The maximum Gasteiger partial charge on any atom is 0.164 e. The van der Waals surface area contributed by atoms with Crippen LogP contribution in [0.5, 0.6) is 0 Å². The zero-order valence-corrected chi connectivity index (χ0v) is 30.7. The van der Waals surface area contributed by atoms with Crippen LogP contribution in [0.2, 0.25) is 19.6 Å². The van der Waals surface area contributed by atoms with E-state index in [1.807, 2.05) is 36.4 Å². The van der Waals surface area contributed by atoms with Gasteiger partial charge in [-0.1, -0.05) is 189 Å². The molecule has 0 amide bonds. The molecule has 0 radical (unpaired) electrons. The second-order valence-corrected chi connectivity index (χ2v) is 19.3. The van der Waals surface area contributed by atoms with Crippen molar-refractivity contribution in [2.75, 3.05) is 0 Å². The number of nitrogens with zero attached hydrogens (tertiary/aromatic N) is 3. The normalized spacial score (nSPS) is 11.4. The molecular weight excluding hydrogens is 647 g/mol. The molecular formula is C48H39N3Si. The molecule has 250 valence electrons. The molecule has 0 N–H and O–H groups in total. The summed E-state index contributed by atoms with van der Waals surface area (Å²) in [5.41, 5.74) is 12.2. The lowest BCUT2D eigenvalue weighted by molar-refractivity contribution is 1.07. The minimum absolute atomic E-state index is 0.639. The molecule has 4 heteroatoms. The van der Waals surface area contributed by atoms with Crippen molar-refractivity contribution in [2.45, 2.75) is 19.6 Å². The molecule has 0 saturated carbocycles.